The highest BCUT2D eigenvalue weighted by Crippen LogP contribution is 2.37. The van der Waals surface area contributed by atoms with Crippen molar-refractivity contribution < 1.29 is 9.90 Å². The maximum Gasteiger partial charge on any atom is 0.303 e. The summed E-state index contributed by atoms with van der Waals surface area (Å²) in [6.45, 7) is 3.13. The highest BCUT2D eigenvalue weighted by atomic mass is 16.4. The molecule has 1 N–H and O–H groups in total. The highest BCUT2D eigenvalue weighted by molar-refractivity contribution is 5.66. The van der Waals surface area contributed by atoms with Crippen LogP contribution in [0.2, 0.25) is 0 Å². The molecule has 116 valence electrons. The zero-order chi connectivity index (χ0) is 15.2. The number of carboxylic acid groups (broad SMARTS) is 1. The minimum Gasteiger partial charge on any atom is -0.481 e. The molecular formula is C18H27NO2. The number of benzene rings is 1. The standard InChI is InChI=1S/C18H27NO2/c1-14-9-11-15(12-10-14)16-6-5-7-17(16)19(2)13-4-3-8-18(20)21/h9-12,16-17H,3-8,13H2,1-2H3,(H,20,21). The van der Waals surface area contributed by atoms with Crippen LogP contribution in [-0.2, 0) is 4.79 Å². The van der Waals surface area contributed by atoms with E-state index in [1.54, 1.807) is 0 Å². The first kappa shape index (κ1) is 16.0. The minimum atomic E-state index is -0.684. The van der Waals surface area contributed by atoms with Crippen molar-refractivity contribution in [3.8, 4) is 0 Å². The predicted octanol–water partition coefficient (Wildman–Crippen LogP) is 3.82. The van der Waals surface area contributed by atoms with E-state index in [1.807, 2.05) is 0 Å². The molecule has 0 spiro atoms. The van der Waals surface area contributed by atoms with Gasteiger partial charge in [0.15, 0.2) is 0 Å². The van der Waals surface area contributed by atoms with Gasteiger partial charge in [-0.3, -0.25) is 4.79 Å². The number of hydrogen-bond acceptors (Lipinski definition) is 2. The average Bonchev–Trinajstić information content (AvgIpc) is 2.93. The van der Waals surface area contributed by atoms with Gasteiger partial charge in [-0.1, -0.05) is 36.2 Å². The van der Waals surface area contributed by atoms with Crippen molar-refractivity contribution in [2.45, 2.75) is 57.4 Å². The van der Waals surface area contributed by atoms with Crippen molar-refractivity contribution in [2.24, 2.45) is 0 Å². The molecule has 3 heteroatoms. The van der Waals surface area contributed by atoms with E-state index < -0.39 is 5.97 Å². The molecule has 1 aliphatic carbocycles. The zero-order valence-corrected chi connectivity index (χ0v) is 13.2. The number of aliphatic carboxylic acids is 1. The van der Waals surface area contributed by atoms with Gasteiger partial charge in [0.05, 0.1) is 0 Å². The molecule has 0 saturated heterocycles. The second-order valence-electron chi connectivity index (χ2n) is 6.35. The predicted molar refractivity (Wildman–Crippen MR) is 85.7 cm³/mol. The second kappa shape index (κ2) is 7.60. The molecule has 0 aromatic heterocycles. The fourth-order valence-corrected chi connectivity index (χ4v) is 3.47. The third-order valence-corrected chi connectivity index (χ3v) is 4.70. The summed E-state index contributed by atoms with van der Waals surface area (Å²) in [6, 6.07) is 9.57. The monoisotopic (exact) mass is 289 g/mol. The normalized spacial score (nSPS) is 21.9. The molecule has 0 radical (unpaired) electrons. The van der Waals surface area contributed by atoms with Crippen LogP contribution < -0.4 is 0 Å². The Kier molecular flexibility index (Phi) is 5.80. The molecule has 2 rings (SSSR count). The van der Waals surface area contributed by atoms with E-state index in [0.717, 1.165) is 19.4 Å². The van der Waals surface area contributed by atoms with Crippen LogP contribution in [0.5, 0.6) is 0 Å². The highest BCUT2D eigenvalue weighted by Gasteiger charge is 2.31. The lowest BCUT2D eigenvalue weighted by Gasteiger charge is -2.30. The van der Waals surface area contributed by atoms with Gasteiger partial charge in [0.25, 0.3) is 0 Å². The van der Waals surface area contributed by atoms with E-state index in [4.69, 9.17) is 5.11 Å². The van der Waals surface area contributed by atoms with Crippen LogP contribution in [0.25, 0.3) is 0 Å². The quantitative estimate of drug-likeness (QED) is 0.776. The summed E-state index contributed by atoms with van der Waals surface area (Å²) < 4.78 is 0. The van der Waals surface area contributed by atoms with Gasteiger partial charge in [0, 0.05) is 12.5 Å². The molecule has 3 nitrogen and oxygen atoms in total. The van der Waals surface area contributed by atoms with Crippen LogP contribution in [0.4, 0.5) is 0 Å². The van der Waals surface area contributed by atoms with Gasteiger partial charge in [-0.2, -0.15) is 0 Å². The maximum absolute atomic E-state index is 10.6. The average molecular weight is 289 g/mol. The van der Waals surface area contributed by atoms with Crippen LogP contribution in [0.1, 0.15) is 55.6 Å². The molecule has 1 aliphatic rings. The number of carboxylic acids is 1. The Hall–Kier alpha value is -1.35. The Morgan fingerprint density at radius 2 is 1.95 bits per heavy atom. The molecule has 2 atom stereocenters. The number of likely N-dealkylation sites (N-methyl/N-ethyl adjacent to an activating group) is 1. The largest absolute Gasteiger partial charge is 0.481 e. The summed E-state index contributed by atoms with van der Waals surface area (Å²) in [5, 5.41) is 8.69. The summed E-state index contributed by atoms with van der Waals surface area (Å²) in [5.41, 5.74) is 2.77. The summed E-state index contributed by atoms with van der Waals surface area (Å²) in [7, 11) is 2.19. The third kappa shape index (κ3) is 4.57. The maximum atomic E-state index is 10.6. The third-order valence-electron chi connectivity index (χ3n) is 4.70. The van der Waals surface area contributed by atoms with E-state index in [1.165, 1.54) is 30.4 Å². The molecule has 1 saturated carbocycles. The van der Waals surface area contributed by atoms with Crippen molar-refractivity contribution >= 4 is 5.97 Å². The van der Waals surface area contributed by atoms with E-state index in [0.29, 0.717) is 18.4 Å². The van der Waals surface area contributed by atoms with Crippen molar-refractivity contribution in [3.63, 3.8) is 0 Å². The van der Waals surface area contributed by atoms with Crippen molar-refractivity contribution in [1.29, 1.82) is 0 Å². The van der Waals surface area contributed by atoms with Gasteiger partial charge in [-0.25, -0.2) is 0 Å². The smallest absolute Gasteiger partial charge is 0.303 e. The van der Waals surface area contributed by atoms with Crippen molar-refractivity contribution in [2.75, 3.05) is 13.6 Å². The lowest BCUT2D eigenvalue weighted by Crippen LogP contribution is -2.34. The molecule has 0 heterocycles. The second-order valence-corrected chi connectivity index (χ2v) is 6.35. The number of aryl methyl sites for hydroxylation is 1. The lowest BCUT2D eigenvalue weighted by atomic mass is 9.92. The van der Waals surface area contributed by atoms with Gasteiger partial charge in [-0.15, -0.1) is 0 Å². The molecule has 21 heavy (non-hydrogen) atoms. The Balaban J connectivity index is 1.88. The van der Waals surface area contributed by atoms with Gasteiger partial charge >= 0.3 is 5.97 Å². The zero-order valence-electron chi connectivity index (χ0n) is 13.2. The Bertz CT molecular complexity index is 455. The van der Waals surface area contributed by atoms with Crippen LogP contribution in [0, 0.1) is 6.92 Å². The van der Waals surface area contributed by atoms with E-state index >= 15 is 0 Å². The van der Waals surface area contributed by atoms with Crippen molar-refractivity contribution in [1.82, 2.24) is 4.90 Å². The van der Waals surface area contributed by atoms with E-state index in [-0.39, 0.29) is 0 Å². The fourth-order valence-electron chi connectivity index (χ4n) is 3.47. The first-order valence-corrected chi connectivity index (χ1v) is 8.06. The summed E-state index contributed by atoms with van der Waals surface area (Å²) >= 11 is 0. The van der Waals surface area contributed by atoms with Crippen LogP contribution >= 0.6 is 0 Å². The van der Waals surface area contributed by atoms with Crippen LogP contribution in [0.15, 0.2) is 24.3 Å². The molecule has 0 aliphatic heterocycles. The summed E-state index contributed by atoms with van der Waals surface area (Å²) in [6.07, 6.45) is 5.87. The van der Waals surface area contributed by atoms with Crippen molar-refractivity contribution in [3.05, 3.63) is 35.4 Å². The number of nitrogens with zero attached hydrogens (tertiary/aromatic N) is 1. The Morgan fingerprint density at radius 1 is 1.24 bits per heavy atom. The molecule has 1 fully saturated rings. The topological polar surface area (TPSA) is 40.5 Å². The minimum absolute atomic E-state index is 0.292. The SMILES string of the molecule is Cc1ccc(C2CCCC2N(C)CCCCC(=O)O)cc1. The van der Waals surface area contributed by atoms with Gasteiger partial charge < -0.3 is 10.0 Å². The van der Waals surface area contributed by atoms with E-state index in [9.17, 15) is 4.79 Å². The summed E-state index contributed by atoms with van der Waals surface area (Å²) in [4.78, 5) is 13.0. The molecular weight excluding hydrogens is 262 g/mol. The molecule has 2 unspecified atom stereocenters. The van der Waals surface area contributed by atoms with Crippen LogP contribution in [-0.4, -0.2) is 35.6 Å². The number of rotatable bonds is 7. The molecule has 1 aromatic rings. The first-order valence-electron chi connectivity index (χ1n) is 8.06. The first-order chi connectivity index (χ1) is 10.1. The van der Waals surface area contributed by atoms with Gasteiger partial charge in [-0.05, 0) is 57.7 Å². The van der Waals surface area contributed by atoms with Gasteiger partial charge in [0.2, 0.25) is 0 Å². The fraction of sp³-hybridized carbons (Fsp3) is 0.611. The van der Waals surface area contributed by atoms with Gasteiger partial charge in [0.1, 0.15) is 0 Å². The Morgan fingerprint density at radius 3 is 2.62 bits per heavy atom. The molecule has 1 aromatic carbocycles. The number of hydrogen-bond donors (Lipinski definition) is 1. The lowest BCUT2D eigenvalue weighted by molar-refractivity contribution is -0.137. The van der Waals surface area contributed by atoms with Crippen LogP contribution in [0.3, 0.4) is 0 Å². The van der Waals surface area contributed by atoms with E-state index in [2.05, 4.69) is 43.1 Å². The molecule has 0 amide bonds. The number of carbonyl (C=O) groups is 1. The summed E-state index contributed by atoms with van der Waals surface area (Å²) in [5.74, 6) is -0.0499. The Labute approximate surface area is 128 Å². The number of unbranched alkanes of at least 4 members (excludes halogenated alkanes) is 1. The molecule has 0 bridgehead atoms.